The second kappa shape index (κ2) is 9.21. The first-order valence-corrected chi connectivity index (χ1v) is 9.14. The van der Waals surface area contributed by atoms with Crippen LogP contribution in [0, 0.1) is 11.3 Å². The number of esters is 1. The highest BCUT2D eigenvalue weighted by Crippen LogP contribution is 2.12. The molecule has 0 amide bonds. The summed E-state index contributed by atoms with van der Waals surface area (Å²) in [7, 11) is -3.64. The average molecular weight is 323 g/mol. The summed E-state index contributed by atoms with van der Waals surface area (Å²) in [6.45, 7) is 2.33. The second-order valence-electron chi connectivity index (χ2n) is 5.08. The van der Waals surface area contributed by atoms with E-state index in [9.17, 15) is 13.2 Å². The van der Waals surface area contributed by atoms with Gasteiger partial charge < -0.3 is 4.74 Å². The predicted molar refractivity (Wildman–Crippen MR) is 83.7 cm³/mol. The third-order valence-electron chi connectivity index (χ3n) is 3.11. The molecule has 5 nitrogen and oxygen atoms in total. The van der Waals surface area contributed by atoms with Gasteiger partial charge in [0.2, 0.25) is 0 Å². The minimum atomic E-state index is -3.64. The van der Waals surface area contributed by atoms with E-state index in [4.69, 9.17) is 10.00 Å². The minimum absolute atomic E-state index is 0.253. The average Bonchev–Trinajstić information content (AvgIpc) is 2.46. The van der Waals surface area contributed by atoms with E-state index in [0.29, 0.717) is 11.1 Å². The van der Waals surface area contributed by atoms with Crippen molar-refractivity contribution < 1.29 is 17.9 Å². The van der Waals surface area contributed by atoms with E-state index in [1.54, 1.807) is 24.3 Å². The van der Waals surface area contributed by atoms with Crippen molar-refractivity contribution in [3.8, 4) is 6.07 Å². The summed E-state index contributed by atoms with van der Waals surface area (Å²) in [5, 5.41) is 8.95. The molecule has 0 saturated heterocycles. The Hall–Kier alpha value is -1.87. The van der Waals surface area contributed by atoms with Crippen molar-refractivity contribution in [1.29, 1.82) is 5.26 Å². The molecule has 0 bridgehead atoms. The summed E-state index contributed by atoms with van der Waals surface area (Å²) >= 11 is 0. The predicted octanol–water partition coefficient (Wildman–Crippen LogP) is 2.60. The number of nitrogens with zero attached hydrogens (tertiary/aromatic N) is 1. The van der Waals surface area contributed by atoms with Gasteiger partial charge in [0.15, 0.2) is 9.84 Å². The van der Waals surface area contributed by atoms with Gasteiger partial charge in [-0.3, -0.25) is 4.79 Å². The van der Waals surface area contributed by atoms with Gasteiger partial charge in [-0.15, -0.1) is 0 Å². The van der Waals surface area contributed by atoms with E-state index >= 15 is 0 Å². The number of rotatable bonds is 9. The zero-order valence-electron chi connectivity index (χ0n) is 12.7. The van der Waals surface area contributed by atoms with Crippen LogP contribution in [0.25, 0.3) is 0 Å². The molecular weight excluding hydrogens is 302 g/mol. The van der Waals surface area contributed by atoms with Crippen molar-refractivity contribution >= 4 is 15.8 Å². The molecule has 1 aromatic rings. The van der Waals surface area contributed by atoms with E-state index in [-0.39, 0.29) is 12.4 Å². The molecule has 0 aliphatic heterocycles. The summed E-state index contributed by atoms with van der Waals surface area (Å²) in [5.74, 6) is -1.71. The van der Waals surface area contributed by atoms with Crippen molar-refractivity contribution in [1.82, 2.24) is 0 Å². The monoisotopic (exact) mass is 323 g/mol. The molecule has 1 aromatic carbocycles. The Morgan fingerprint density at radius 3 is 2.64 bits per heavy atom. The summed E-state index contributed by atoms with van der Waals surface area (Å²) < 4.78 is 28.9. The van der Waals surface area contributed by atoms with Gasteiger partial charge in [-0.2, -0.15) is 5.26 Å². The number of ether oxygens (including phenoxy) is 1. The topological polar surface area (TPSA) is 84.2 Å². The number of benzene rings is 1. The van der Waals surface area contributed by atoms with Crippen LogP contribution < -0.4 is 0 Å². The molecule has 22 heavy (non-hydrogen) atoms. The normalized spacial score (nSPS) is 10.9. The lowest BCUT2D eigenvalue weighted by molar-refractivity contribution is -0.140. The van der Waals surface area contributed by atoms with Crippen molar-refractivity contribution in [3.05, 3.63) is 35.4 Å². The number of nitriles is 1. The summed E-state index contributed by atoms with van der Waals surface area (Å²) in [6, 6.07) is 8.40. The van der Waals surface area contributed by atoms with E-state index in [0.717, 1.165) is 25.7 Å². The standard InChI is InChI=1S/C16H21NO4S/c1-2-3-4-7-10-21-16(18)13-22(19,20)12-15-9-6-5-8-14(15)11-17/h5-6,8-9H,2-4,7,10,12-13H2,1H3. The largest absolute Gasteiger partial charge is 0.465 e. The number of carbonyl (C=O) groups is 1. The van der Waals surface area contributed by atoms with Crippen LogP contribution in [0.3, 0.4) is 0 Å². The smallest absolute Gasteiger partial charge is 0.321 e. The highest BCUT2D eigenvalue weighted by atomic mass is 32.2. The molecule has 0 aliphatic rings. The zero-order valence-corrected chi connectivity index (χ0v) is 13.6. The van der Waals surface area contributed by atoms with Gasteiger partial charge >= 0.3 is 5.97 Å². The van der Waals surface area contributed by atoms with Gasteiger partial charge in [-0.05, 0) is 18.1 Å². The molecule has 1 rings (SSSR count). The van der Waals surface area contributed by atoms with Crippen LogP contribution in [0.2, 0.25) is 0 Å². The molecule has 0 saturated carbocycles. The lowest BCUT2D eigenvalue weighted by Crippen LogP contribution is -2.20. The number of hydrogen-bond acceptors (Lipinski definition) is 5. The van der Waals surface area contributed by atoms with E-state index < -0.39 is 21.6 Å². The summed E-state index contributed by atoms with van der Waals surface area (Å²) in [6.07, 6.45) is 3.87. The maximum atomic E-state index is 12.0. The highest BCUT2D eigenvalue weighted by Gasteiger charge is 2.19. The van der Waals surface area contributed by atoms with Crippen LogP contribution in [-0.2, 0) is 25.1 Å². The Morgan fingerprint density at radius 2 is 1.95 bits per heavy atom. The van der Waals surface area contributed by atoms with Crippen molar-refractivity contribution in [2.75, 3.05) is 12.4 Å². The quantitative estimate of drug-likeness (QED) is 0.515. The van der Waals surface area contributed by atoms with Gasteiger partial charge in [0, 0.05) is 0 Å². The van der Waals surface area contributed by atoms with Gasteiger partial charge in [-0.1, -0.05) is 44.4 Å². The fraction of sp³-hybridized carbons (Fsp3) is 0.500. The Bertz CT molecular complexity index is 632. The third kappa shape index (κ3) is 6.72. The molecular formula is C16H21NO4S. The maximum absolute atomic E-state index is 12.0. The van der Waals surface area contributed by atoms with Crippen molar-refractivity contribution in [3.63, 3.8) is 0 Å². The summed E-state index contributed by atoms with van der Waals surface area (Å²) in [4.78, 5) is 11.6. The molecule has 0 aromatic heterocycles. The van der Waals surface area contributed by atoms with Crippen LogP contribution in [0.15, 0.2) is 24.3 Å². The Morgan fingerprint density at radius 1 is 1.23 bits per heavy atom. The SMILES string of the molecule is CCCCCCOC(=O)CS(=O)(=O)Cc1ccccc1C#N. The third-order valence-corrected chi connectivity index (χ3v) is 4.54. The molecule has 0 aliphatic carbocycles. The second-order valence-corrected chi connectivity index (χ2v) is 7.15. The minimum Gasteiger partial charge on any atom is -0.465 e. The fourth-order valence-corrected chi connectivity index (χ4v) is 3.25. The lowest BCUT2D eigenvalue weighted by Gasteiger charge is -2.07. The lowest BCUT2D eigenvalue weighted by atomic mass is 10.1. The highest BCUT2D eigenvalue weighted by molar-refractivity contribution is 7.91. The van der Waals surface area contributed by atoms with Gasteiger partial charge in [0.1, 0.15) is 5.75 Å². The van der Waals surface area contributed by atoms with Crippen molar-refractivity contribution in [2.24, 2.45) is 0 Å². The Kier molecular flexibility index (Phi) is 7.61. The van der Waals surface area contributed by atoms with E-state index in [2.05, 4.69) is 6.92 Å². The van der Waals surface area contributed by atoms with Crippen LogP contribution in [0.1, 0.15) is 43.7 Å². The van der Waals surface area contributed by atoms with Gasteiger partial charge in [-0.25, -0.2) is 8.42 Å². The molecule has 0 atom stereocenters. The Balaban J connectivity index is 2.50. The molecule has 0 heterocycles. The van der Waals surface area contributed by atoms with Crippen molar-refractivity contribution in [2.45, 2.75) is 38.4 Å². The number of unbranched alkanes of at least 4 members (excludes halogenated alkanes) is 3. The van der Waals surface area contributed by atoms with Crippen LogP contribution in [0.4, 0.5) is 0 Å². The van der Waals surface area contributed by atoms with E-state index in [1.807, 2.05) is 6.07 Å². The van der Waals surface area contributed by atoms with Crippen LogP contribution >= 0.6 is 0 Å². The van der Waals surface area contributed by atoms with Crippen LogP contribution in [-0.4, -0.2) is 26.7 Å². The fourth-order valence-electron chi connectivity index (χ4n) is 1.98. The molecule has 6 heteroatoms. The number of hydrogen-bond donors (Lipinski definition) is 0. The summed E-state index contributed by atoms with van der Waals surface area (Å²) in [5.41, 5.74) is 0.708. The van der Waals surface area contributed by atoms with Crippen LogP contribution in [0.5, 0.6) is 0 Å². The first-order chi connectivity index (χ1) is 10.5. The maximum Gasteiger partial charge on any atom is 0.321 e. The van der Waals surface area contributed by atoms with E-state index in [1.165, 1.54) is 0 Å². The molecule has 0 radical (unpaired) electrons. The molecule has 0 N–H and O–H groups in total. The first kappa shape index (κ1) is 18.2. The molecule has 0 spiro atoms. The Labute approximate surface area is 131 Å². The number of sulfone groups is 1. The van der Waals surface area contributed by atoms with Gasteiger partial charge in [0.25, 0.3) is 0 Å². The first-order valence-electron chi connectivity index (χ1n) is 7.32. The zero-order chi connectivity index (χ0) is 16.4. The van der Waals surface area contributed by atoms with Gasteiger partial charge in [0.05, 0.1) is 24.0 Å². The number of carbonyl (C=O) groups excluding carboxylic acids is 1. The molecule has 0 fully saturated rings. The molecule has 0 unspecified atom stereocenters. The molecule has 120 valence electrons.